The fourth-order valence-electron chi connectivity index (χ4n) is 3.25. The highest BCUT2D eigenvalue weighted by molar-refractivity contribution is 7.16. The molecule has 0 spiro atoms. The van der Waals surface area contributed by atoms with Gasteiger partial charge in [-0.25, -0.2) is 9.97 Å². The van der Waals surface area contributed by atoms with Gasteiger partial charge in [0.2, 0.25) is 5.91 Å². The molecule has 1 aliphatic rings. The second kappa shape index (κ2) is 8.21. The molecule has 1 amide bonds. The summed E-state index contributed by atoms with van der Waals surface area (Å²) in [5.41, 5.74) is 1.00. The Balaban J connectivity index is 1.28. The van der Waals surface area contributed by atoms with Crippen molar-refractivity contribution in [3.05, 3.63) is 52.6 Å². The first-order valence-electron chi connectivity index (χ1n) is 8.86. The molecule has 1 aromatic carbocycles. The van der Waals surface area contributed by atoms with Crippen molar-refractivity contribution < 1.29 is 4.79 Å². The fraction of sp³-hybridized carbons (Fsp3) is 0.316. The largest absolute Gasteiger partial charge is 0.353 e. The molecule has 0 aliphatic carbocycles. The number of aromatic nitrogens is 2. The van der Waals surface area contributed by atoms with Crippen molar-refractivity contribution in [3.8, 4) is 0 Å². The molecule has 0 unspecified atom stereocenters. The molecule has 140 valence electrons. The number of nitrogens with one attached hydrogen (secondary N) is 1. The first-order chi connectivity index (χ1) is 13.2. The van der Waals surface area contributed by atoms with Crippen molar-refractivity contribution in [2.75, 3.05) is 37.6 Å². The van der Waals surface area contributed by atoms with Crippen LogP contribution < -0.4 is 10.2 Å². The first-order valence-corrected chi connectivity index (χ1v) is 10.1. The van der Waals surface area contributed by atoms with Gasteiger partial charge in [0.05, 0.1) is 11.9 Å². The molecule has 2 aromatic heterocycles. The number of hydrogen-bond donors (Lipinski definition) is 1. The molecule has 1 aliphatic heterocycles. The van der Waals surface area contributed by atoms with Crippen LogP contribution in [0.25, 0.3) is 10.2 Å². The number of rotatable bonds is 5. The third-order valence-corrected chi connectivity index (χ3v) is 5.71. The number of nitrogens with zero attached hydrogens (tertiary/aromatic N) is 4. The Bertz CT molecular complexity index is 939. The molecule has 1 saturated heterocycles. The Morgan fingerprint density at radius 1 is 1.19 bits per heavy atom. The first kappa shape index (κ1) is 18.2. The van der Waals surface area contributed by atoms with E-state index in [-0.39, 0.29) is 5.91 Å². The van der Waals surface area contributed by atoms with Gasteiger partial charge in [0.15, 0.2) is 0 Å². The minimum absolute atomic E-state index is 0.0330. The van der Waals surface area contributed by atoms with E-state index >= 15 is 0 Å². The number of hydrogen-bond acceptors (Lipinski definition) is 6. The average Bonchev–Trinajstić information content (AvgIpc) is 3.16. The molecule has 0 atom stereocenters. The fourth-order valence-corrected chi connectivity index (χ4v) is 4.19. The predicted octanol–water partition coefficient (Wildman–Crippen LogP) is 2.78. The van der Waals surface area contributed by atoms with E-state index in [1.165, 1.54) is 0 Å². The maximum absolute atomic E-state index is 12.2. The normalized spacial score (nSPS) is 15.2. The van der Waals surface area contributed by atoms with Gasteiger partial charge in [0, 0.05) is 37.7 Å². The lowest BCUT2D eigenvalue weighted by Gasteiger charge is -2.35. The highest BCUT2D eigenvalue weighted by Crippen LogP contribution is 2.27. The number of amides is 1. The summed E-state index contributed by atoms with van der Waals surface area (Å²) in [6.45, 7) is 4.27. The Morgan fingerprint density at radius 3 is 2.85 bits per heavy atom. The van der Waals surface area contributed by atoms with E-state index in [4.69, 9.17) is 11.6 Å². The Labute approximate surface area is 166 Å². The third-order valence-electron chi connectivity index (χ3n) is 4.66. The lowest BCUT2D eigenvalue weighted by Crippen LogP contribution is -2.49. The van der Waals surface area contributed by atoms with Crippen LogP contribution >= 0.6 is 22.9 Å². The van der Waals surface area contributed by atoms with Gasteiger partial charge in [-0.1, -0.05) is 23.7 Å². The van der Waals surface area contributed by atoms with Crippen molar-refractivity contribution in [1.29, 1.82) is 0 Å². The van der Waals surface area contributed by atoms with Gasteiger partial charge >= 0.3 is 0 Å². The van der Waals surface area contributed by atoms with E-state index in [0.29, 0.717) is 18.1 Å². The number of anilines is 1. The monoisotopic (exact) mass is 401 g/mol. The summed E-state index contributed by atoms with van der Waals surface area (Å²) >= 11 is 7.60. The van der Waals surface area contributed by atoms with Crippen LogP contribution in [0.15, 0.2) is 42.0 Å². The Morgan fingerprint density at radius 2 is 2.04 bits per heavy atom. The summed E-state index contributed by atoms with van der Waals surface area (Å²) in [5.74, 6) is 1.02. The number of fused-ring (bicyclic) bond motifs is 1. The summed E-state index contributed by atoms with van der Waals surface area (Å²) in [6, 6.07) is 9.62. The van der Waals surface area contributed by atoms with Gasteiger partial charge < -0.3 is 10.2 Å². The molecule has 1 N–H and O–H groups in total. The molecule has 8 heteroatoms. The molecule has 1 fully saturated rings. The van der Waals surface area contributed by atoms with Crippen LogP contribution in [0.1, 0.15) is 5.56 Å². The quantitative estimate of drug-likeness (QED) is 0.712. The van der Waals surface area contributed by atoms with E-state index < -0.39 is 0 Å². The molecule has 27 heavy (non-hydrogen) atoms. The zero-order chi connectivity index (χ0) is 18.6. The summed E-state index contributed by atoms with van der Waals surface area (Å²) in [5, 5.41) is 6.80. The smallest absolute Gasteiger partial charge is 0.234 e. The molecule has 0 bridgehead atoms. The minimum atomic E-state index is 0.0330. The molecular weight excluding hydrogens is 382 g/mol. The summed E-state index contributed by atoms with van der Waals surface area (Å²) in [7, 11) is 0. The highest BCUT2D eigenvalue weighted by Gasteiger charge is 2.21. The highest BCUT2D eigenvalue weighted by atomic mass is 35.5. The molecule has 6 nitrogen and oxygen atoms in total. The predicted molar refractivity (Wildman–Crippen MR) is 109 cm³/mol. The van der Waals surface area contributed by atoms with Gasteiger partial charge in [-0.15, -0.1) is 11.3 Å². The molecular formula is C19H20ClN5OS. The van der Waals surface area contributed by atoms with Crippen LogP contribution in [0.3, 0.4) is 0 Å². The maximum atomic E-state index is 12.2. The zero-order valence-electron chi connectivity index (χ0n) is 14.8. The van der Waals surface area contributed by atoms with Crippen molar-refractivity contribution >= 4 is 44.9 Å². The van der Waals surface area contributed by atoms with E-state index in [1.54, 1.807) is 17.7 Å². The van der Waals surface area contributed by atoms with Gasteiger partial charge in [0.1, 0.15) is 17.0 Å². The Kier molecular flexibility index (Phi) is 5.52. The second-order valence-corrected chi connectivity index (χ2v) is 7.84. The molecule has 0 saturated carbocycles. The SMILES string of the molecule is O=C(CN1CCN(c2ncnc3sccc23)CC1)NCc1cccc(Cl)c1. The topological polar surface area (TPSA) is 61.4 Å². The molecule has 3 heterocycles. The lowest BCUT2D eigenvalue weighted by molar-refractivity contribution is -0.122. The van der Waals surface area contributed by atoms with Gasteiger partial charge in [-0.3, -0.25) is 9.69 Å². The summed E-state index contributed by atoms with van der Waals surface area (Å²) in [4.78, 5) is 26.5. The standard InChI is InChI=1S/C19H20ClN5OS/c20-15-3-1-2-14(10-15)11-21-17(26)12-24-5-7-25(8-6-24)18-16-4-9-27-19(16)23-13-22-18/h1-4,9-10,13H,5-8,11-12H2,(H,21,26). The third kappa shape index (κ3) is 4.37. The van der Waals surface area contributed by atoms with Crippen molar-refractivity contribution in [3.63, 3.8) is 0 Å². The number of halogens is 1. The minimum Gasteiger partial charge on any atom is -0.353 e. The molecule has 3 aromatic rings. The number of thiophene rings is 1. The molecule has 4 rings (SSSR count). The summed E-state index contributed by atoms with van der Waals surface area (Å²) in [6.07, 6.45) is 1.63. The van der Waals surface area contributed by atoms with Crippen molar-refractivity contribution in [1.82, 2.24) is 20.2 Å². The number of carbonyl (C=O) groups is 1. The Hall–Kier alpha value is -2.22. The molecule has 0 radical (unpaired) electrons. The van der Waals surface area contributed by atoms with E-state index in [2.05, 4.69) is 31.2 Å². The number of benzene rings is 1. The van der Waals surface area contributed by atoms with E-state index in [9.17, 15) is 4.79 Å². The van der Waals surface area contributed by atoms with Crippen LogP contribution in [0.2, 0.25) is 5.02 Å². The van der Waals surface area contributed by atoms with Gasteiger partial charge in [0.25, 0.3) is 0 Å². The van der Waals surface area contributed by atoms with Crippen LogP contribution in [-0.2, 0) is 11.3 Å². The average molecular weight is 402 g/mol. The van der Waals surface area contributed by atoms with Crippen molar-refractivity contribution in [2.45, 2.75) is 6.54 Å². The lowest BCUT2D eigenvalue weighted by atomic mass is 10.2. The second-order valence-electron chi connectivity index (χ2n) is 6.51. The van der Waals surface area contributed by atoms with Crippen molar-refractivity contribution in [2.24, 2.45) is 0 Å². The number of carbonyl (C=O) groups excluding carboxylic acids is 1. The van der Waals surface area contributed by atoms with Crippen LogP contribution in [0, 0.1) is 0 Å². The van der Waals surface area contributed by atoms with Gasteiger partial charge in [-0.2, -0.15) is 0 Å². The van der Waals surface area contributed by atoms with Crippen LogP contribution in [0.5, 0.6) is 0 Å². The summed E-state index contributed by atoms with van der Waals surface area (Å²) < 4.78 is 0. The van der Waals surface area contributed by atoms with E-state index in [1.807, 2.05) is 29.6 Å². The maximum Gasteiger partial charge on any atom is 0.234 e. The van der Waals surface area contributed by atoms with Gasteiger partial charge in [-0.05, 0) is 29.1 Å². The van der Waals surface area contributed by atoms with Crippen LogP contribution in [-0.4, -0.2) is 53.5 Å². The van der Waals surface area contributed by atoms with Crippen LogP contribution in [0.4, 0.5) is 5.82 Å². The van der Waals surface area contributed by atoms with E-state index in [0.717, 1.165) is 47.8 Å². The number of piperazine rings is 1. The zero-order valence-corrected chi connectivity index (χ0v) is 16.3.